The zero-order chi connectivity index (χ0) is 19.8. The maximum Gasteiger partial charge on any atom is 0.272 e. The van der Waals surface area contributed by atoms with Crippen LogP contribution in [0.25, 0.3) is 5.69 Å². The third kappa shape index (κ3) is 3.87. The smallest absolute Gasteiger partial charge is 0.272 e. The van der Waals surface area contributed by atoms with E-state index in [1.54, 1.807) is 16.3 Å². The van der Waals surface area contributed by atoms with Crippen LogP contribution >= 0.6 is 23.5 Å². The summed E-state index contributed by atoms with van der Waals surface area (Å²) in [7, 11) is 0. The number of rotatable bonds is 4. The molecule has 1 fully saturated rings. The molecule has 1 amide bonds. The van der Waals surface area contributed by atoms with E-state index in [1.807, 2.05) is 30.9 Å². The molecule has 4 rings (SSSR count). The molecular formula is C21H25N3O2S2. The number of carbonyl (C=O) groups excluding carboxylic acids is 1. The Hall–Kier alpha value is -1.73. The molecule has 0 spiro atoms. The molecule has 0 unspecified atom stereocenters. The summed E-state index contributed by atoms with van der Waals surface area (Å²) in [6.45, 7) is 7.87. The van der Waals surface area contributed by atoms with E-state index in [-0.39, 0.29) is 11.5 Å². The van der Waals surface area contributed by atoms with Crippen molar-refractivity contribution in [2.75, 3.05) is 18.8 Å². The van der Waals surface area contributed by atoms with Gasteiger partial charge in [0, 0.05) is 24.8 Å². The molecule has 28 heavy (non-hydrogen) atoms. The van der Waals surface area contributed by atoms with Crippen LogP contribution in [0.1, 0.15) is 36.6 Å². The van der Waals surface area contributed by atoms with E-state index in [0.717, 1.165) is 59.8 Å². The van der Waals surface area contributed by atoms with Gasteiger partial charge < -0.3 is 4.90 Å². The Kier molecular flexibility index (Phi) is 5.56. The summed E-state index contributed by atoms with van der Waals surface area (Å²) in [5, 5.41) is 0.977. The monoisotopic (exact) mass is 415 g/mol. The Bertz CT molecular complexity index is 960. The summed E-state index contributed by atoms with van der Waals surface area (Å²) in [4.78, 5) is 33.4. The van der Waals surface area contributed by atoms with Crippen LogP contribution in [0.2, 0.25) is 0 Å². The van der Waals surface area contributed by atoms with Gasteiger partial charge >= 0.3 is 0 Å². The first-order chi connectivity index (χ1) is 13.4. The predicted octanol–water partition coefficient (Wildman–Crippen LogP) is 3.60. The van der Waals surface area contributed by atoms with E-state index in [4.69, 9.17) is 4.98 Å². The fourth-order valence-electron chi connectivity index (χ4n) is 3.89. The number of carbonyl (C=O) groups is 1. The predicted molar refractivity (Wildman–Crippen MR) is 115 cm³/mol. The third-order valence-corrected chi connectivity index (χ3v) is 7.27. The number of nitrogens with zero attached hydrogens (tertiary/aromatic N) is 3. The van der Waals surface area contributed by atoms with Crippen molar-refractivity contribution >= 4 is 29.4 Å². The zero-order valence-electron chi connectivity index (χ0n) is 16.5. The highest BCUT2D eigenvalue weighted by Gasteiger charge is 2.27. The van der Waals surface area contributed by atoms with Gasteiger partial charge in [-0.25, -0.2) is 4.98 Å². The lowest BCUT2D eigenvalue weighted by molar-refractivity contribution is -0.127. The number of hydrogen-bond acceptors (Lipinski definition) is 5. The van der Waals surface area contributed by atoms with E-state index < -0.39 is 0 Å². The molecule has 0 bridgehead atoms. The minimum absolute atomic E-state index is 0.0135. The van der Waals surface area contributed by atoms with E-state index in [2.05, 4.69) is 13.0 Å². The molecule has 0 aliphatic carbocycles. The molecule has 5 nitrogen and oxygen atoms in total. The quantitative estimate of drug-likeness (QED) is 0.564. The highest BCUT2D eigenvalue weighted by molar-refractivity contribution is 8.00. The third-order valence-electron chi connectivity index (χ3n) is 5.13. The van der Waals surface area contributed by atoms with E-state index in [0.29, 0.717) is 16.2 Å². The Morgan fingerprint density at radius 2 is 1.89 bits per heavy atom. The van der Waals surface area contributed by atoms with E-state index in [9.17, 15) is 9.59 Å². The first kappa shape index (κ1) is 19.6. The van der Waals surface area contributed by atoms with Crippen LogP contribution in [0.4, 0.5) is 0 Å². The van der Waals surface area contributed by atoms with Crippen LogP contribution in [0.15, 0.2) is 33.0 Å². The second-order valence-corrected chi connectivity index (χ2v) is 10.1. The van der Waals surface area contributed by atoms with Crippen molar-refractivity contribution in [2.45, 2.75) is 55.3 Å². The topological polar surface area (TPSA) is 55.2 Å². The maximum absolute atomic E-state index is 13.3. The van der Waals surface area contributed by atoms with Crippen molar-refractivity contribution in [3.8, 4) is 5.69 Å². The number of aryl methyl sites for hydroxylation is 2. The Labute approximate surface area is 173 Å². The Morgan fingerprint density at radius 1 is 1.21 bits per heavy atom. The van der Waals surface area contributed by atoms with Gasteiger partial charge in [0.1, 0.15) is 0 Å². The van der Waals surface area contributed by atoms with Gasteiger partial charge in [-0.15, -0.1) is 11.8 Å². The van der Waals surface area contributed by atoms with E-state index >= 15 is 0 Å². The van der Waals surface area contributed by atoms with Crippen molar-refractivity contribution in [3.05, 3.63) is 45.4 Å². The minimum atomic E-state index is -0.0135. The number of fused-ring (bicyclic) bond motifs is 1. The summed E-state index contributed by atoms with van der Waals surface area (Å²) in [6.07, 6.45) is 2.96. The Balaban J connectivity index is 1.73. The van der Waals surface area contributed by atoms with Crippen LogP contribution in [0, 0.1) is 13.8 Å². The lowest BCUT2D eigenvalue weighted by atomic mass is 10.1. The number of benzene rings is 1. The van der Waals surface area contributed by atoms with Crippen LogP contribution < -0.4 is 5.56 Å². The highest BCUT2D eigenvalue weighted by atomic mass is 32.2. The summed E-state index contributed by atoms with van der Waals surface area (Å²) in [5.41, 5.74) is 3.90. The van der Waals surface area contributed by atoms with Crippen molar-refractivity contribution in [1.82, 2.24) is 14.5 Å². The molecule has 3 heterocycles. The zero-order valence-corrected chi connectivity index (χ0v) is 18.2. The van der Waals surface area contributed by atoms with E-state index in [1.165, 1.54) is 11.8 Å². The van der Waals surface area contributed by atoms with Crippen LogP contribution in [0.3, 0.4) is 0 Å². The summed E-state index contributed by atoms with van der Waals surface area (Å²) in [5.74, 6) is 0.450. The number of thioether (sulfide) groups is 2. The molecule has 2 aromatic rings. The van der Waals surface area contributed by atoms with Crippen molar-refractivity contribution in [3.63, 3.8) is 0 Å². The molecule has 7 heteroatoms. The molecule has 1 aromatic carbocycles. The molecular weight excluding hydrogens is 390 g/mol. The average Bonchev–Trinajstić information content (AvgIpc) is 3.28. The van der Waals surface area contributed by atoms with Gasteiger partial charge in [-0.05, 0) is 49.9 Å². The number of likely N-dealkylation sites (tertiary alicyclic amines) is 1. The number of hydrogen-bond donors (Lipinski definition) is 0. The molecule has 0 radical (unpaired) electrons. The van der Waals surface area contributed by atoms with Gasteiger partial charge in [-0.2, -0.15) is 0 Å². The highest BCUT2D eigenvalue weighted by Crippen LogP contribution is 2.35. The van der Waals surface area contributed by atoms with Gasteiger partial charge in [-0.1, -0.05) is 24.8 Å². The average molecular weight is 416 g/mol. The van der Waals surface area contributed by atoms with Gasteiger partial charge in [0.2, 0.25) is 5.91 Å². The van der Waals surface area contributed by atoms with Gasteiger partial charge in [0.15, 0.2) is 5.16 Å². The lowest BCUT2D eigenvalue weighted by Gasteiger charge is -2.17. The fraction of sp³-hybridized carbons (Fsp3) is 0.476. The lowest BCUT2D eigenvalue weighted by Crippen LogP contribution is -2.30. The molecule has 1 aromatic heterocycles. The Morgan fingerprint density at radius 3 is 2.57 bits per heavy atom. The van der Waals surface area contributed by atoms with Crippen molar-refractivity contribution in [2.24, 2.45) is 0 Å². The largest absolute Gasteiger partial charge is 0.342 e. The second kappa shape index (κ2) is 7.95. The standard InChI is InChI=1S/C21H25N3O2S2/c1-13-8-14(2)10-16(9-13)24-20(26)19-17(11-15(3)28-19)22-21(24)27-12-18(25)23-6-4-5-7-23/h8-10,15H,4-7,11-12H2,1-3H3/t15-/m0/s1. The van der Waals surface area contributed by atoms with Gasteiger partial charge in [0.25, 0.3) is 5.56 Å². The fourth-order valence-corrected chi connectivity index (χ4v) is 5.92. The molecule has 0 N–H and O–H groups in total. The van der Waals surface area contributed by atoms with Gasteiger partial charge in [0.05, 0.1) is 22.0 Å². The van der Waals surface area contributed by atoms with Crippen molar-refractivity contribution < 1.29 is 4.79 Å². The number of amides is 1. The SMILES string of the molecule is Cc1cc(C)cc(-n2c(SCC(=O)N3CCCC3)nc3c(c2=O)S[C@@H](C)C3)c1. The first-order valence-electron chi connectivity index (χ1n) is 9.74. The molecule has 1 atom stereocenters. The summed E-state index contributed by atoms with van der Waals surface area (Å²) in [6, 6.07) is 6.12. The second-order valence-electron chi connectivity index (χ2n) is 7.67. The molecule has 0 saturated carbocycles. The maximum atomic E-state index is 13.3. The summed E-state index contributed by atoms with van der Waals surface area (Å²) >= 11 is 2.99. The van der Waals surface area contributed by atoms with Gasteiger partial charge in [-0.3, -0.25) is 14.2 Å². The van der Waals surface area contributed by atoms with Crippen LogP contribution in [-0.4, -0.2) is 44.5 Å². The number of aromatic nitrogens is 2. The van der Waals surface area contributed by atoms with Crippen molar-refractivity contribution in [1.29, 1.82) is 0 Å². The summed E-state index contributed by atoms with van der Waals surface area (Å²) < 4.78 is 1.70. The van der Waals surface area contributed by atoms with Crippen LogP contribution in [0.5, 0.6) is 0 Å². The molecule has 2 aliphatic heterocycles. The molecule has 2 aliphatic rings. The normalized spacial score (nSPS) is 18.5. The molecule has 1 saturated heterocycles. The minimum Gasteiger partial charge on any atom is -0.342 e. The molecule has 148 valence electrons. The van der Waals surface area contributed by atoms with Crippen LogP contribution in [-0.2, 0) is 11.2 Å². The first-order valence-corrected chi connectivity index (χ1v) is 11.6.